The summed E-state index contributed by atoms with van der Waals surface area (Å²) in [5, 5.41) is 17.0. The Morgan fingerprint density at radius 3 is 2.74 bits per heavy atom. The lowest BCUT2D eigenvalue weighted by Crippen LogP contribution is -2.26. The molecule has 1 unspecified atom stereocenters. The van der Waals surface area contributed by atoms with Gasteiger partial charge in [-0.05, 0) is 46.7 Å². The zero-order chi connectivity index (χ0) is 13.5. The highest BCUT2D eigenvalue weighted by Crippen LogP contribution is 2.16. The van der Waals surface area contributed by atoms with Gasteiger partial charge in [0.05, 0.1) is 6.10 Å². The third-order valence-electron chi connectivity index (χ3n) is 2.63. The second kappa shape index (κ2) is 7.65. The molecule has 102 valence electrons. The van der Waals surface area contributed by atoms with Crippen molar-refractivity contribution in [3.05, 3.63) is 51.1 Å². The summed E-state index contributed by atoms with van der Waals surface area (Å²) in [6.45, 7) is 1.83. The minimum absolute atomic E-state index is 0.445. The largest absolute Gasteiger partial charge is 0.492 e. The van der Waals surface area contributed by atoms with Crippen molar-refractivity contribution >= 4 is 27.3 Å². The van der Waals surface area contributed by atoms with Gasteiger partial charge in [-0.2, -0.15) is 11.3 Å². The molecule has 1 heterocycles. The fraction of sp³-hybridized carbons (Fsp3) is 0.286. The van der Waals surface area contributed by atoms with Gasteiger partial charge in [0.1, 0.15) is 12.4 Å². The Labute approximate surface area is 125 Å². The van der Waals surface area contributed by atoms with Gasteiger partial charge >= 0.3 is 0 Å². The van der Waals surface area contributed by atoms with Gasteiger partial charge < -0.3 is 15.2 Å². The SMILES string of the molecule is OC(CNCCOc1ccc(Br)cc1)c1ccsc1. The van der Waals surface area contributed by atoms with Crippen LogP contribution < -0.4 is 10.1 Å². The van der Waals surface area contributed by atoms with Gasteiger partial charge in [-0.3, -0.25) is 0 Å². The summed E-state index contributed by atoms with van der Waals surface area (Å²) in [5.74, 6) is 0.850. The van der Waals surface area contributed by atoms with Crippen LogP contribution in [0.2, 0.25) is 0 Å². The molecular formula is C14H16BrNO2S. The number of benzene rings is 1. The van der Waals surface area contributed by atoms with Crippen molar-refractivity contribution in [1.29, 1.82) is 0 Å². The number of thiophene rings is 1. The van der Waals surface area contributed by atoms with E-state index >= 15 is 0 Å². The van der Waals surface area contributed by atoms with Crippen molar-refractivity contribution in [3.63, 3.8) is 0 Å². The van der Waals surface area contributed by atoms with Gasteiger partial charge in [0, 0.05) is 17.6 Å². The van der Waals surface area contributed by atoms with Gasteiger partial charge in [0.2, 0.25) is 0 Å². The Morgan fingerprint density at radius 2 is 2.05 bits per heavy atom. The molecule has 3 nitrogen and oxygen atoms in total. The van der Waals surface area contributed by atoms with Gasteiger partial charge in [-0.15, -0.1) is 0 Å². The first-order valence-corrected chi connectivity index (χ1v) is 7.78. The topological polar surface area (TPSA) is 41.5 Å². The van der Waals surface area contributed by atoms with E-state index in [4.69, 9.17) is 4.74 Å². The quantitative estimate of drug-likeness (QED) is 0.760. The Morgan fingerprint density at radius 1 is 1.26 bits per heavy atom. The van der Waals surface area contributed by atoms with Crippen molar-refractivity contribution in [1.82, 2.24) is 5.32 Å². The summed E-state index contributed by atoms with van der Waals surface area (Å²) in [5.41, 5.74) is 0.964. The van der Waals surface area contributed by atoms with E-state index in [2.05, 4.69) is 21.2 Å². The molecule has 0 aliphatic carbocycles. The Kier molecular flexibility index (Phi) is 5.85. The fourth-order valence-corrected chi connectivity index (χ4v) is 2.56. The van der Waals surface area contributed by atoms with Crippen LogP contribution in [0.1, 0.15) is 11.7 Å². The summed E-state index contributed by atoms with van der Waals surface area (Å²) in [7, 11) is 0. The molecule has 0 radical (unpaired) electrons. The highest BCUT2D eigenvalue weighted by Gasteiger charge is 2.06. The van der Waals surface area contributed by atoms with E-state index in [1.807, 2.05) is 41.1 Å². The van der Waals surface area contributed by atoms with Crippen LogP contribution in [0.5, 0.6) is 5.75 Å². The first-order valence-electron chi connectivity index (χ1n) is 6.05. The van der Waals surface area contributed by atoms with Crippen LogP contribution in [0.25, 0.3) is 0 Å². The number of hydrogen-bond acceptors (Lipinski definition) is 4. The van der Waals surface area contributed by atoms with Crippen LogP contribution in [0.15, 0.2) is 45.6 Å². The van der Waals surface area contributed by atoms with Gasteiger partial charge in [0.15, 0.2) is 0 Å². The molecule has 2 rings (SSSR count). The van der Waals surface area contributed by atoms with Crippen molar-refractivity contribution in [2.24, 2.45) is 0 Å². The Bertz CT molecular complexity index is 473. The molecule has 0 saturated heterocycles. The summed E-state index contributed by atoms with van der Waals surface area (Å²) >= 11 is 4.97. The molecule has 0 saturated carbocycles. The zero-order valence-corrected chi connectivity index (χ0v) is 12.8. The van der Waals surface area contributed by atoms with E-state index in [1.54, 1.807) is 11.3 Å². The molecule has 0 spiro atoms. The molecule has 0 fully saturated rings. The van der Waals surface area contributed by atoms with Crippen LogP contribution in [-0.2, 0) is 0 Å². The van der Waals surface area contributed by atoms with Gasteiger partial charge in [0.25, 0.3) is 0 Å². The van der Waals surface area contributed by atoms with Crippen molar-refractivity contribution in [2.75, 3.05) is 19.7 Å². The van der Waals surface area contributed by atoms with E-state index < -0.39 is 6.10 Å². The third-order valence-corrected chi connectivity index (χ3v) is 3.86. The standard InChI is InChI=1S/C14H16BrNO2S/c15-12-1-3-13(4-2-12)18-7-6-16-9-14(17)11-5-8-19-10-11/h1-5,8,10,14,16-17H,6-7,9H2. The maximum Gasteiger partial charge on any atom is 0.119 e. The zero-order valence-electron chi connectivity index (χ0n) is 10.4. The first-order chi connectivity index (χ1) is 9.25. The molecule has 19 heavy (non-hydrogen) atoms. The van der Waals surface area contributed by atoms with Gasteiger partial charge in [-0.1, -0.05) is 15.9 Å². The van der Waals surface area contributed by atoms with Crippen LogP contribution >= 0.6 is 27.3 Å². The maximum atomic E-state index is 9.85. The number of rotatable bonds is 7. The Balaban J connectivity index is 1.61. The molecule has 2 N–H and O–H groups in total. The average molecular weight is 342 g/mol. The third kappa shape index (κ3) is 4.95. The molecule has 0 amide bonds. The Hall–Kier alpha value is -0.880. The van der Waals surface area contributed by atoms with Crippen LogP contribution in [0.3, 0.4) is 0 Å². The molecule has 5 heteroatoms. The lowest BCUT2D eigenvalue weighted by Gasteiger charge is -2.11. The van der Waals surface area contributed by atoms with Crippen LogP contribution in [0, 0.1) is 0 Å². The van der Waals surface area contributed by atoms with E-state index in [0.717, 1.165) is 15.8 Å². The lowest BCUT2D eigenvalue weighted by atomic mass is 10.2. The molecule has 0 bridgehead atoms. The number of halogens is 1. The van der Waals surface area contributed by atoms with E-state index in [0.29, 0.717) is 19.7 Å². The molecule has 0 aliphatic heterocycles. The highest BCUT2D eigenvalue weighted by atomic mass is 79.9. The van der Waals surface area contributed by atoms with Crippen molar-refractivity contribution in [2.45, 2.75) is 6.10 Å². The summed E-state index contributed by atoms with van der Waals surface area (Å²) in [6.07, 6.45) is -0.445. The van der Waals surface area contributed by atoms with Crippen molar-refractivity contribution in [3.8, 4) is 5.75 Å². The molecule has 0 aliphatic rings. The lowest BCUT2D eigenvalue weighted by molar-refractivity contribution is 0.172. The maximum absolute atomic E-state index is 9.85. The highest BCUT2D eigenvalue weighted by molar-refractivity contribution is 9.10. The van der Waals surface area contributed by atoms with Crippen molar-refractivity contribution < 1.29 is 9.84 Å². The predicted molar refractivity (Wildman–Crippen MR) is 81.8 cm³/mol. The number of hydrogen-bond donors (Lipinski definition) is 2. The second-order valence-corrected chi connectivity index (χ2v) is 5.77. The minimum atomic E-state index is -0.445. The summed E-state index contributed by atoms with van der Waals surface area (Å²) < 4.78 is 6.61. The summed E-state index contributed by atoms with van der Waals surface area (Å²) in [6, 6.07) is 9.68. The first kappa shape index (κ1) is 14.5. The number of aliphatic hydroxyl groups excluding tert-OH is 1. The normalized spacial score (nSPS) is 12.3. The second-order valence-electron chi connectivity index (χ2n) is 4.08. The smallest absolute Gasteiger partial charge is 0.119 e. The van der Waals surface area contributed by atoms with E-state index in [9.17, 15) is 5.11 Å². The molecule has 1 aromatic heterocycles. The number of ether oxygens (including phenoxy) is 1. The summed E-state index contributed by atoms with van der Waals surface area (Å²) in [4.78, 5) is 0. The molecule has 1 atom stereocenters. The molecule has 1 aromatic carbocycles. The fourth-order valence-electron chi connectivity index (χ4n) is 1.59. The number of nitrogens with one attached hydrogen (secondary N) is 1. The number of aliphatic hydroxyl groups is 1. The van der Waals surface area contributed by atoms with E-state index in [-0.39, 0.29) is 0 Å². The van der Waals surface area contributed by atoms with E-state index in [1.165, 1.54) is 0 Å². The van der Waals surface area contributed by atoms with Crippen LogP contribution in [0.4, 0.5) is 0 Å². The predicted octanol–water partition coefficient (Wildman–Crippen LogP) is 3.21. The minimum Gasteiger partial charge on any atom is -0.492 e. The molecule has 2 aromatic rings. The van der Waals surface area contributed by atoms with Crippen LogP contribution in [-0.4, -0.2) is 24.8 Å². The van der Waals surface area contributed by atoms with Gasteiger partial charge in [-0.25, -0.2) is 0 Å². The molecular weight excluding hydrogens is 326 g/mol. The average Bonchev–Trinajstić information content (AvgIpc) is 2.94. The monoisotopic (exact) mass is 341 g/mol.